The lowest BCUT2D eigenvalue weighted by Gasteiger charge is -2.03. The molecular formula is C17H13N3O6S. The fourth-order valence-corrected chi connectivity index (χ4v) is 2.10. The summed E-state index contributed by atoms with van der Waals surface area (Å²) in [5, 5.41) is 41.2. The molecule has 0 saturated carbocycles. The molecule has 0 radical (unpaired) electrons. The number of phenols is 2. The molecule has 27 heavy (non-hydrogen) atoms. The molecule has 0 bridgehead atoms. The van der Waals surface area contributed by atoms with Crippen molar-refractivity contribution >= 4 is 41.7 Å². The number of carboxylic acid groups (broad SMARTS) is 2. The summed E-state index contributed by atoms with van der Waals surface area (Å²) in [5.41, 5.74) is 2.14. The Hall–Kier alpha value is -3.79. The molecule has 9 nitrogen and oxygen atoms in total. The number of hydrazone groups is 1. The zero-order valence-electron chi connectivity index (χ0n) is 13.5. The summed E-state index contributed by atoms with van der Waals surface area (Å²) in [6.07, 6.45) is 2.32. The molecule has 0 aliphatic rings. The Bertz CT molecular complexity index is 971. The van der Waals surface area contributed by atoms with Crippen molar-refractivity contribution < 1.29 is 30.0 Å². The molecular weight excluding hydrogens is 374 g/mol. The highest BCUT2D eigenvalue weighted by Gasteiger charge is 2.12. The standard InChI is InChI=1S/C17H13N3O6S/c21-13-9(3-1-5-11(13)15(23)24)7-18-17(27)20-19-8-10-4-2-6-12(14(10)22)16(25)26/h1-8,21-22H,(H,20,27)(H,23,24)(H,25,26). The number of carboxylic acids is 2. The van der Waals surface area contributed by atoms with Gasteiger partial charge in [-0.2, -0.15) is 5.10 Å². The fraction of sp³-hybridized carbons (Fsp3) is 0. The molecule has 0 spiro atoms. The van der Waals surface area contributed by atoms with Crippen LogP contribution in [0.1, 0.15) is 31.8 Å². The zero-order chi connectivity index (χ0) is 20.0. The van der Waals surface area contributed by atoms with Crippen molar-refractivity contribution in [3.63, 3.8) is 0 Å². The summed E-state index contributed by atoms with van der Waals surface area (Å²) in [6, 6.07) is 8.28. The second-order valence-corrected chi connectivity index (χ2v) is 5.42. The number of benzene rings is 2. The van der Waals surface area contributed by atoms with E-state index in [0.29, 0.717) is 0 Å². The van der Waals surface area contributed by atoms with Gasteiger partial charge in [0.05, 0.1) is 6.21 Å². The second-order valence-electron chi connectivity index (χ2n) is 5.03. The molecule has 0 heterocycles. The van der Waals surface area contributed by atoms with Crippen molar-refractivity contribution in [3.8, 4) is 11.5 Å². The average Bonchev–Trinajstić information content (AvgIpc) is 2.61. The quantitative estimate of drug-likeness (QED) is 0.296. The molecule has 0 amide bonds. The summed E-state index contributed by atoms with van der Waals surface area (Å²) in [5.74, 6) is -3.45. The Morgan fingerprint density at radius 3 is 1.85 bits per heavy atom. The number of aromatic hydroxyl groups is 2. The van der Waals surface area contributed by atoms with E-state index in [4.69, 9.17) is 22.4 Å². The van der Waals surface area contributed by atoms with Crippen LogP contribution in [-0.4, -0.2) is 49.9 Å². The number of thiocarbonyl (C=S) groups is 1. The maximum Gasteiger partial charge on any atom is 0.339 e. The topological polar surface area (TPSA) is 152 Å². The highest BCUT2D eigenvalue weighted by atomic mass is 32.1. The van der Waals surface area contributed by atoms with Crippen LogP contribution in [0.15, 0.2) is 46.5 Å². The van der Waals surface area contributed by atoms with Gasteiger partial charge in [-0.3, -0.25) is 5.43 Å². The van der Waals surface area contributed by atoms with Gasteiger partial charge < -0.3 is 20.4 Å². The lowest BCUT2D eigenvalue weighted by Crippen LogP contribution is -2.13. The zero-order valence-corrected chi connectivity index (χ0v) is 14.3. The lowest BCUT2D eigenvalue weighted by atomic mass is 10.1. The van der Waals surface area contributed by atoms with Gasteiger partial charge in [0.25, 0.3) is 0 Å². The van der Waals surface area contributed by atoms with E-state index in [2.05, 4.69) is 15.5 Å². The average molecular weight is 387 g/mol. The van der Waals surface area contributed by atoms with Crippen LogP contribution in [0.4, 0.5) is 0 Å². The van der Waals surface area contributed by atoms with Crippen LogP contribution in [0.2, 0.25) is 0 Å². The summed E-state index contributed by atoms with van der Waals surface area (Å²) in [4.78, 5) is 25.7. The number of hydrogen-bond acceptors (Lipinski definition) is 6. The molecule has 0 aliphatic heterocycles. The van der Waals surface area contributed by atoms with Crippen LogP contribution in [0.5, 0.6) is 11.5 Å². The maximum absolute atomic E-state index is 11.0. The van der Waals surface area contributed by atoms with E-state index in [9.17, 15) is 19.8 Å². The molecule has 10 heteroatoms. The van der Waals surface area contributed by atoms with Gasteiger partial charge in [-0.05, 0) is 36.5 Å². The van der Waals surface area contributed by atoms with Crippen molar-refractivity contribution in [2.75, 3.05) is 0 Å². The van der Waals surface area contributed by atoms with Crippen LogP contribution in [-0.2, 0) is 0 Å². The number of aliphatic imine (C=N–C) groups is 1. The minimum absolute atomic E-state index is 0.111. The van der Waals surface area contributed by atoms with E-state index in [1.807, 2.05) is 0 Å². The first kappa shape index (κ1) is 19.5. The molecule has 0 atom stereocenters. The molecule has 2 aromatic carbocycles. The smallest absolute Gasteiger partial charge is 0.339 e. The number of aromatic carboxylic acids is 2. The Morgan fingerprint density at radius 1 is 0.889 bits per heavy atom. The third-order valence-electron chi connectivity index (χ3n) is 3.28. The predicted octanol–water partition coefficient (Wildman–Crippen LogP) is 1.82. The van der Waals surface area contributed by atoms with E-state index in [-0.39, 0.29) is 27.4 Å². The van der Waals surface area contributed by atoms with E-state index >= 15 is 0 Å². The largest absolute Gasteiger partial charge is 0.506 e. The first-order valence-electron chi connectivity index (χ1n) is 7.29. The predicted molar refractivity (Wildman–Crippen MR) is 101 cm³/mol. The van der Waals surface area contributed by atoms with Gasteiger partial charge in [0.15, 0.2) is 0 Å². The number of nitrogens with one attached hydrogen (secondary N) is 1. The number of rotatable bonds is 5. The third-order valence-corrected chi connectivity index (χ3v) is 3.48. The maximum atomic E-state index is 11.0. The number of para-hydroxylation sites is 2. The van der Waals surface area contributed by atoms with Crippen molar-refractivity contribution in [1.82, 2.24) is 5.43 Å². The molecule has 5 N–H and O–H groups in total. The van der Waals surface area contributed by atoms with Gasteiger partial charge in [-0.1, -0.05) is 12.1 Å². The molecule has 138 valence electrons. The SMILES string of the molecule is O=C(O)c1cccc(C=NNC(=S)N=Cc2cccc(C(=O)O)c2O)c1O. The van der Waals surface area contributed by atoms with Gasteiger partial charge in [0.2, 0.25) is 5.11 Å². The molecule has 0 unspecified atom stereocenters. The number of nitrogens with zero attached hydrogens (tertiary/aromatic N) is 2. The fourth-order valence-electron chi connectivity index (χ4n) is 1.99. The summed E-state index contributed by atoms with van der Waals surface area (Å²) in [7, 11) is 0. The van der Waals surface area contributed by atoms with Gasteiger partial charge in [0.1, 0.15) is 22.6 Å². The molecule has 0 fully saturated rings. The normalized spacial score (nSPS) is 11.0. The van der Waals surface area contributed by atoms with Crippen molar-refractivity contribution in [1.29, 1.82) is 0 Å². The molecule has 0 aliphatic carbocycles. The van der Waals surface area contributed by atoms with Crippen LogP contribution in [0.3, 0.4) is 0 Å². The first-order valence-corrected chi connectivity index (χ1v) is 7.69. The Labute approximate surface area is 157 Å². The Morgan fingerprint density at radius 2 is 1.37 bits per heavy atom. The van der Waals surface area contributed by atoms with Gasteiger partial charge in [0, 0.05) is 17.3 Å². The van der Waals surface area contributed by atoms with Crippen LogP contribution >= 0.6 is 12.2 Å². The highest BCUT2D eigenvalue weighted by Crippen LogP contribution is 2.21. The van der Waals surface area contributed by atoms with Crippen LogP contribution in [0.25, 0.3) is 0 Å². The number of hydrogen-bond donors (Lipinski definition) is 5. The van der Waals surface area contributed by atoms with E-state index < -0.39 is 23.4 Å². The highest BCUT2D eigenvalue weighted by molar-refractivity contribution is 7.80. The minimum atomic E-state index is -1.28. The van der Waals surface area contributed by atoms with E-state index in [0.717, 1.165) is 12.4 Å². The van der Waals surface area contributed by atoms with Gasteiger partial charge >= 0.3 is 11.9 Å². The van der Waals surface area contributed by atoms with E-state index in [1.54, 1.807) is 0 Å². The summed E-state index contributed by atoms with van der Waals surface area (Å²) >= 11 is 4.92. The Kier molecular flexibility index (Phi) is 6.18. The summed E-state index contributed by atoms with van der Waals surface area (Å²) in [6.45, 7) is 0. The van der Waals surface area contributed by atoms with Crippen LogP contribution < -0.4 is 5.43 Å². The lowest BCUT2D eigenvalue weighted by molar-refractivity contribution is 0.0682. The van der Waals surface area contributed by atoms with Gasteiger partial charge in [-0.15, -0.1) is 0 Å². The molecule has 0 aromatic heterocycles. The van der Waals surface area contributed by atoms with Gasteiger partial charge in [-0.25, -0.2) is 14.6 Å². The third kappa shape index (κ3) is 4.86. The monoisotopic (exact) mass is 387 g/mol. The molecule has 2 rings (SSSR count). The summed E-state index contributed by atoms with van der Waals surface area (Å²) < 4.78 is 0. The molecule has 2 aromatic rings. The van der Waals surface area contributed by atoms with Crippen molar-refractivity contribution in [3.05, 3.63) is 58.7 Å². The van der Waals surface area contributed by atoms with Crippen molar-refractivity contribution in [2.24, 2.45) is 10.1 Å². The second kappa shape index (κ2) is 8.54. The minimum Gasteiger partial charge on any atom is -0.506 e. The van der Waals surface area contributed by atoms with Crippen molar-refractivity contribution in [2.45, 2.75) is 0 Å². The van der Waals surface area contributed by atoms with Crippen LogP contribution in [0, 0.1) is 0 Å². The molecule has 0 saturated heterocycles. The van der Waals surface area contributed by atoms with E-state index in [1.165, 1.54) is 36.4 Å². The Balaban J connectivity index is 2.07. The number of carbonyl (C=O) groups is 2. The first-order chi connectivity index (χ1) is 12.8.